The zero-order chi connectivity index (χ0) is 18.1. The van der Waals surface area contributed by atoms with Gasteiger partial charge in [0.05, 0.1) is 0 Å². The fraction of sp³-hybridized carbons (Fsp3) is 0.333. The summed E-state index contributed by atoms with van der Waals surface area (Å²) >= 11 is 0. The SMILES string of the molecule is Cc1ccc2oc(C(=O)N3CCC(N(C)c4ccccc4)CC3)cc2n1. The maximum absolute atomic E-state index is 12.8. The highest BCUT2D eigenvalue weighted by atomic mass is 16.3. The molecule has 0 atom stereocenters. The Morgan fingerprint density at radius 3 is 2.62 bits per heavy atom. The Morgan fingerprint density at radius 2 is 1.88 bits per heavy atom. The maximum atomic E-state index is 12.8. The van der Waals surface area contributed by atoms with Crippen LogP contribution in [-0.2, 0) is 0 Å². The molecule has 1 aliphatic rings. The molecule has 0 spiro atoms. The van der Waals surface area contributed by atoms with Gasteiger partial charge in [-0.3, -0.25) is 4.79 Å². The first kappa shape index (κ1) is 16.6. The van der Waals surface area contributed by atoms with E-state index < -0.39 is 0 Å². The van der Waals surface area contributed by atoms with Gasteiger partial charge in [0, 0.05) is 43.6 Å². The van der Waals surface area contributed by atoms with Gasteiger partial charge in [-0.05, 0) is 44.0 Å². The van der Waals surface area contributed by atoms with Crippen molar-refractivity contribution < 1.29 is 9.21 Å². The molecule has 0 aliphatic carbocycles. The minimum Gasteiger partial charge on any atom is -0.449 e. The van der Waals surface area contributed by atoms with E-state index >= 15 is 0 Å². The second kappa shape index (κ2) is 6.83. The number of nitrogens with zero attached hydrogens (tertiary/aromatic N) is 3. The molecular formula is C21H23N3O2. The normalized spacial score (nSPS) is 15.4. The van der Waals surface area contributed by atoms with E-state index in [1.54, 1.807) is 6.07 Å². The van der Waals surface area contributed by atoms with Crippen LogP contribution in [-0.4, -0.2) is 42.0 Å². The van der Waals surface area contributed by atoms with Crippen molar-refractivity contribution >= 4 is 22.7 Å². The van der Waals surface area contributed by atoms with Gasteiger partial charge in [-0.2, -0.15) is 0 Å². The van der Waals surface area contributed by atoms with Crippen LogP contribution >= 0.6 is 0 Å². The number of amides is 1. The third-order valence-electron chi connectivity index (χ3n) is 5.19. The van der Waals surface area contributed by atoms with Crippen LogP contribution in [0.1, 0.15) is 29.1 Å². The van der Waals surface area contributed by atoms with Crippen LogP contribution < -0.4 is 4.90 Å². The number of anilines is 1. The Morgan fingerprint density at radius 1 is 1.15 bits per heavy atom. The molecule has 0 bridgehead atoms. The Kier molecular flexibility index (Phi) is 4.37. The summed E-state index contributed by atoms with van der Waals surface area (Å²) in [5, 5.41) is 0. The molecule has 0 radical (unpaired) electrons. The summed E-state index contributed by atoms with van der Waals surface area (Å²) in [4.78, 5) is 21.4. The average molecular weight is 349 g/mol. The number of pyridine rings is 1. The predicted octanol–water partition coefficient (Wildman–Crippen LogP) is 3.88. The summed E-state index contributed by atoms with van der Waals surface area (Å²) in [7, 11) is 2.13. The van der Waals surface area contributed by atoms with Crippen LogP contribution in [0, 0.1) is 6.92 Å². The zero-order valence-corrected chi connectivity index (χ0v) is 15.2. The summed E-state index contributed by atoms with van der Waals surface area (Å²) in [5.41, 5.74) is 3.54. The van der Waals surface area contributed by atoms with E-state index in [1.165, 1.54) is 5.69 Å². The Labute approximate surface area is 153 Å². The number of aromatic nitrogens is 1. The first-order valence-electron chi connectivity index (χ1n) is 9.06. The van der Waals surface area contributed by atoms with Crippen LogP contribution in [0.4, 0.5) is 5.69 Å². The van der Waals surface area contributed by atoms with E-state index in [2.05, 4.69) is 41.2 Å². The lowest BCUT2D eigenvalue weighted by molar-refractivity contribution is 0.0683. The van der Waals surface area contributed by atoms with Crippen molar-refractivity contribution in [3.05, 3.63) is 60.0 Å². The van der Waals surface area contributed by atoms with E-state index in [1.807, 2.05) is 30.0 Å². The third-order valence-corrected chi connectivity index (χ3v) is 5.19. The van der Waals surface area contributed by atoms with Crippen molar-refractivity contribution in [2.75, 3.05) is 25.0 Å². The molecule has 0 saturated carbocycles. The number of carbonyl (C=O) groups is 1. The lowest BCUT2D eigenvalue weighted by Gasteiger charge is -2.37. The maximum Gasteiger partial charge on any atom is 0.289 e. The third kappa shape index (κ3) is 3.17. The van der Waals surface area contributed by atoms with Crippen molar-refractivity contribution in [1.82, 2.24) is 9.88 Å². The summed E-state index contributed by atoms with van der Waals surface area (Å²) < 4.78 is 5.72. The molecule has 0 N–H and O–H groups in total. The monoisotopic (exact) mass is 349 g/mol. The number of piperidine rings is 1. The largest absolute Gasteiger partial charge is 0.449 e. The number of hydrogen-bond donors (Lipinski definition) is 0. The van der Waals surface area contributed by atoms with Gasteiger partial charge >= 0.3 is 0 Å². The molecule has 1 fully saturated rings. The highest BCUT2D eigenvalue weighted by Crippen LogP contribution is 2.24. The van der Waals surface area contributed by atoms with Crippen molar-refractivity contribution in [2.45, 2.75) is 25.8 Å². The molecule has 26 heavy (non-hydrogen) atoms. The first-order valence-corrected chi connectivity index (χ1v) is 9.06. The smallest absolute Gasteiger partial charge is 0.289 e. The van der Waals surface area contributed by atoms with E-state index in [0.717, 1.165) is 37.1 Å². The molecule has 3 aromatic rings. The van der Waals surface area contributed by atoms with E-state index in [0.29, 0.717) is 17.4 Å². The number of furan rings is 1. The highest BCUT2D eigenvalue weighted by Gasteiger charge is 2.27. The molecular weight excluding hydrogens is 326 g/mol. The number of hydrogen-bond acceptors (Lipinski definition) is 4. The number of fused-ring (bicyclic) bond motifs is 1. The second-order valence-electron chi connectivity index (χ2n) is 6.92. The lowest BCUT2D eigenvalue weighted by atomic mass is 10.0. The minimum absolute atomic E-state index is 0.0403. The molecule has 5 nitrogen and oxygen atoms in total. The van der Waals surface area contributed by atoms with E-state index in [-0.39, 0.29) is 5.91 Å². The van der Waals surface area contributed by atoms with Crippen LogP contribution in [0.3, 0.4) is 0 Å². The van der Waals surface area contributed by atoms with Crippen LogP contribution in [0.2, 0.25) is 0 Å². The fourth-order valence-corrected chi connectivity index (χ4v) is 3.62. The van der Waals surface area contributed by atoms with Crippen molar-refractivity contribution in [2.24, 2.45) is 0 Å². The van der Waals surface area contributed by atoms with Gasteiger partial charge in [-0.25, -0.2) is 4.98 Å². The second-order valence-corrected chi connectivity index (χ2v) is 6.92. The lowest BCUT2D eigenvalue weighted by Crippen LogP contribution is -2.45. The summed E-state index contributed by atoms with van der Waals surface area (Å²) in [6.45, 7) is 3.41. The Hall–Kier alpha value is -2.82. The van der Waals surface area contributed by atoms with Gasteiger partial charge in [0.1, 0.15) is 5.52 Å². The van der Waals surface area contributed by atoms with Crippen molar-refractivity contribution in [3.63, 3.8) is 0 Å². The van der Waals surface area contributed by atoms with Gasteiger partial charge in [0.2, 0.25) is 0 Å². The van der Waals surface area contributed by atoms with Crippen LogP contribution in [0.25, 0.3) is 11.1 Å². The number of carbonyl (C=O) groups excluding carboxylic acids is 1. The average Bonchev–Trinajstić information content (AvgIpc) is 3.11. The van der Waals surface area contributed by atoms with E-state index in [4.69, 9.17) is 4.42 Å². The molecule has 1 saturated heterocycles. The van der Waals surface area contributed by atoms with Gasteiger partial charge < -0.3 is 14.2 Å². The fourth-order valence-electron chi connectivity index (χ4n) is 3.62. The topological polar surface area (TPSA) is 49.6 Å². The van der Waals surface area contributed by atoms with Crippen molar-refractivity contribution in [3.8, 4) is 0 Å². The molecule has 2 aromatic heterocycles. The Bertz CT molecular complexity index is 911. The molecule has 0 unspecified atom stereocenters. The molecule has 1 amide bonds. The summed E-state index contributed by atoms with van der Waals surface area (Å²) in [6.07, 6.45) is 1.91. The molecule has 1 aromatic carbocycles. The van der Waals surface area contributed by atoms with Gasteiger partial charge in [-0.15, -0.1) is 0 Å². The van der Waals surface area contributed by atoms with Crippen molar-refractivity contribution in [1.29, 1.82) is 0 Å². The first-order chi connectivity index (χ1) is 12.6. The van der Waals surface area contributed by atoms with Gasteiger partial charge in [0.25, 0.3) is 5.91 Å². The number of para-hydroxylation sites is 1. The quantitative estimate of drug-likeness (QED) is 0.720. The number of benzene rings is 1. The van der Waals surface area contributed by atoms with E-state index in [9.17, 15) is 4.79 Å². The predicted molar refractivity (Wildman–Crippen MR) is 103 cm³/mol. The molecule has 1 aliphatic heterocycles. The molecule has 134 valence electrons. The van der Waals surface area contributed by atoms with Crippen LogP contribution in [0.5, 0.6) is 0 Å². The minimum atomic E-state index is -0.0403. The zero-order valence-electron chi connectivity index (χ0n) is 15.2. The summed E-state index contributed by atoms with van der Waals surface area (Å²) in [5.74, 6) is 0.342. The molecule has 4 rings (SSSR count). The molecule has 3 heterocycles. The molecule has 5 heteroatoms. The Balaban J connectivity index is 1.43. The van der Waals surface area contributed by atoms with Crippen LogP contribution in [0.15, 0.2) is 52.9 Å². The standard InChI is InChI=1S/C21H23N3O2/c1-15-8-9-19-18(22-15)14-20(26-19)21(25)24-12-10-17(11-13-24)23(2)16-6-4-3-5-7-16/h3-9,14,17H,10-13H2,1-2H3. The number of aryl methyl sites for hydroxylation is 1. The van der Waals surface area contributed by atoms with Gasteiger partial charge in [0.15, 0.2) is 11.3 Å². The number of likely N-dealkylation sites (tertiary alicyclic amines) is 1. The highest BCUT2D eigenvalue weighted by molar-refractivity contribution is 5.95. The summed E-state index contributed by atoms with van der Waals surface area (Å²) in [6, 6.07) is 16.4. The van der Waals surface area contributed by atoms with Gasteiger partial charge in [-0.1, -0.05) is 18.2 Å². The number of rotatable bonds is 3.